The number of hydrogen-bond donors (Lipinski definition) is 7. The van der Waals surface area contributed by atoms with Crippen molar-refractivity contribution in [1.29, 1.82) is 0 Å². The van der Waals surface area contributed by atoms with Crippen molar-refractivity contribution in [2.45, 2.75) is 142 Å². The zero-order valence-corrected chi connectivity index (χ0v) is 28.4. The highest BCUT2D eigenvalue weighted by molar-refractivity contribution is 5.35. The normalized spacial score (nSPS) is 55.8. The third-order valence-corrected chi connectivity index (χ3v) is 15.3. The van der Waals surface area contributed by atoms with Crippen LogP contribution < -0.4 is 0 Å². The molecule has 0 bridgehead atoms. The summed E-state index contributed by atoms with van der Waals surface area (Å²) in [5, 5.41) is 75.9. The molecule has 0 amide bonds. The average molecular weight is 637 g/mol. The Morgan fingerprint density at radius 2 is 1.56 bits per heavy atom. The molecule has 1 heterocycles. The Bertz CT molecular complexity index is 1160. The van der Waals surface area contributed by atoms with Crippen LogP contribution in [0.5, 0.6) is 0 Å². The molecule has 4 saturated carbocycles. The van der Waals surface area contributed by atoms with Gasteiger partial charge in [-0.3, -0.25) is 0 Å². The van der Waals surface area contributed by atoms with Crippen molar-refractivity contribution in [3.8, 4) is 0 Å². The minimum atomic E-state index is -1.49. The first kappa shape index (κ1) is 34.3. The van der Waals surface area contributed by atoms with E-state index in [0.29, 0.717) is 18.8 Å². The van der Waals surface area contributed by atoms with Gasteiger partial charge in [0, 0.05) is 17.9 Å². The maximum atomic E-state index is 12.2. The van der Waals surface area contributed by atoms with Crippen LogP contribution in [0.1, 0.15) is 93.4 Å². The van der Waals surface area contributed by atoms with E-state index in [2.05, 4.69) is 54.5 Å². The molecule has 258 valence electrons. The van der Waals surface area contributed by atoms with Gasteiger partial charge in [0.15, 0.2) is 6.29 Å². The highest BCUT2D eigenvalue weighted by Crippen LogP contribution is 2.76. The minimum Gasteiger partial charge on any atom is -0.396 e. The van der Waals surface area contributed by atoms with Crippen LogP contribution in [0.15, 0.2) is 11.6 Å². The van der Waals surface area contributed by atoms with Gasteiger partial charge in [-0.15, -0.1) is 0 Å². The van der Waals surface area contributed by atoms with Crippen LogP contribution in [0, 0.1) is 56.7 Å². The van der Waals surface area contributed by atoms with Gasteiger partial charge >= 0.3 is 0 Å². The molecular weight excluding hydrogens is 576 g/mol. The lowest BCUT2D eigenvalue weighted by Crippen LogP contribution is -2.67. The summed E-state index contributed by atoms with van der Waals surface area (Å²) in [6.45, 7) is 15.4. The molecule has 6 aliphatic rings. The molecular formula is C36H60O9. The number of allylic oxidation sites excluding steroid dienone is 1. The fourth-order valence-corrected chi connectivity index (χ4v) is 12.8. The predicted octanol–water partition coefficient (Wildman–Crippen LogP) is 2.76. The first-order valence-electron chi connectivity index (χ1n) is 17.6. The van der Waals surface area contributed by atoms with Gasteiger partial charge in [-0.1, -0.05) is 60.1 Å². The molecule has 0 radical (unpaired) electrons. The monoisotopic (exact) mass is 636 g/mol. The molecule has 1 saturated heterocycles. The van der Waals surface area contributed by atoms with E-state index in [1.54, 1.807) is 0 Å². The smallest absolute Gasteiger partial charge is 0.186 e. The van der Waals surface area contributed by atoms with Crippen molar-refractivity contribution in [2.75, 3.05) is 13.2 Å². The van der Waals surface area contributed by atoms with Gasteiger partial charge < -0.3 is 45.2 Å². The number of rotatable bonds is 5. The van der Waals surface area contributed by atoms with Crippen molar-refractivity contribution >= 4 is 0 Å². The van der Waals surface area contributed by atoms with Crippen LogP contribution in [0.3, 0.4) is 0 Å². The van der Waals surface area contributed by atoms with Gasteiger partial charge in [0.05, 0.1) is 24.9 Å². The van der Waals surface area contributed by atoms with Gasteiger partial charge in [0.1, 0.15) is 24.4 Å². The summed E-state index contributed by atoms with van der Waals surface area (Å²) >= 11 is 0. The Morgan fingerprint density at radius 1 is 0.867 bits per heavy atom. The molecule has 16 atom stereocenters. The first-order valence-corrected chi connectivity index (χ1v) is 17.6. The Labute approximate surface area is 269 Å². The third kappa shape index (κ3) is 4.51. The van der Waals surface area contributed by atoms with Crippen LogP contribution in [0.4, 0.5) is 0 Å². The summed E-state index contributed by atoms with van der Waals surface area (Å²) in [7, 11) is 0. The predicted molar refractivity (Wildman–Crippen MR) is 167 cm³/mol. The van der Waals surface area contributed by atoms with Crippen LogP contribution in [0.25, 0.3) is 0 Å². The summed E-state index contributed by atoms with van der Waals surface area (Å²) in [5.74, 6) is 0.643. The summed E-state index contributed by atoms with van der Waals surface area (Å²) in [5.41, 5.74) is -0.0998. The Kier molecular flexibility index (Phi) is 8.53. The van der Waals surface area contributed by atoms with E-state index in [4.69, 9.17) is 9.47 Å². The van der Waals surface area contributed by atoms with Crippen LogP contribution in [-0.2, 0) is 9.47 Å². The quantitative estimate of drug-likeness (QED) is 0.178. The van der Waals surface area contributed by atoms with E-state index < -0.39 is 54.9 Å². The second-order valence-corrected chi connectivity index (χ2v) is 17.7. The molecule has 9 heteroatoms. The maximum absolute atomic E-state index is 12.2. The average Bonchev–Trinajstić information content (AvgIpc) is 3.30. The molecule has 0 unspecified atom stereocenters. The largest absolute Gasteiger partial charge is 0.396 e. The zero-order chi connectivity index (χ0) is 33.1. The molecule has 6 rings (SSSR count). The molecule has 9 nitrogen and oxygen atoms in total. The maximum Gasteiger partial charge on any atom is 0.186 e. The van der Waals surface area contributed by atoms with Crippen molar-refractivity contribution < 1.29 is 45.2 Å². The second kappa shape index (κ2) is 11.2. The number of aliphatic hydroxyl groups excluding tert-OH is 7. The van der Waals surface area contributed by atoms with Crippen molar-refractivity contribution in [2.24, 2.45) is 56.7 Å². The standard InChI is InChI=1S/C36H60O9/c1-18(2)20-14-22(40)30-35(7)11-8-19-26(34(35,6)12-13-36(20,30)17-38)21(39)15-24-32(3,4)25(9-10-33(19,24)5)45-31-29(43)28(42)27(41)23(16-37)44-31/h8,18,20-31,37-43H,9-17H2,1-7H3/t20-,21-,22+,23+,24+,25-,26-,27+,28-,29+,30+,31-,33+,34-,35+,36+/m0/s1. The highest BCUT2D eigenvalue weighted by Gasteiger charge is 2.72. The van der Waals surface area contributed by atoms with Crippen LogP contribution in [-0.4, -0.2) is 98.0 Å². The lowest BCUT2D eigenvalue weighted by Gasteiger charge is -2.70. The molecule has 5 aliphatic carbocycles. The summed E-state index contributed by atoms with van der Waals surface area (Å²) in [4.78, 5) is 0. The summed E-state index contributed by atoms with van der Waals surface area (Å²) in [6.07, 6.45) is -0.181. The van der Waals surface area contributed by atoms with Gasteiger partial charge in [-0.05, 0) is 90.3 Å². The van der Waals surface area contributed by atoms with Crippen LogP contribution >= 0.6 is 0 Å². The zero-order valence-electron chi connectivity index (χ0n) is 28.4. The Morgan fingerprint density at radius 3 is 2.18 bits per heavy atom. The number of aliphatic hydroxyl groups is 7. The van der Waals surface area contributed by atoms with E-state index in [0.717, 1.165) is 32.1 Å². The number of hydrogen-bond acceptors (Lipinski definition) is 9. The summed E-state index contributed by atoms with van der Waals surface area (Å²) in [6, 6.07) is 0. The van der Waals surface area contributed by atoms with E-state index >= 15 is 0 Å². The lowest BCUT2D eigenvalue weighted by molar-refractivity contribution is -0.327. The topological polar surface area (TPSA) is 160 Å². The molecule has 0 spiro atoms. The first-order chi connectivity index (χ1) is 20.9. The third-order valence-electron chi connectivity index (χ3n) is 15.3. The molecule has 0 aromatic heterocycles. The molecule has 7 N–H and O–H groups in total. The van der Waals surface area contributed by atoms with Crippen molar-refractivity contribution in [1.82, 2.24) is 0 Å². The lowest BCUT2D eigenvalue weighted by atomic mass is 9.35. The second-order valence-electron chi connectivity index (χ2n) is 17.7. The van der Waals surface area contributed by atoms with E-state index in [9.17, 15) is 35.7 Å². The fourth-order valence-electron chi connectivity index (χ4n) is 12.8. The minimum absolute atomic E-state index is 0.0317. The van der Waals surface area contributed by atoms with Gasteiger partial charge in [0.2, 0.25) is 0 Å². The fraction of sp³-hybridized carbons (Fsp3) is 0.944. The molecule has 1 aliphatic heterocycles. The molecule has 5 fully saturated rings. The van der Waals surface area contributed by atoms with Crippen LogP contribution in [0.2, 0.25) is 0 Å². The molecule has 45 heavy (non-hydrogen) atoms. The SMILES string of the molecule is CC(C)[C@@H]1C[C@@H](O)[C@H]2[C@@]1(CO)CC[C@@]1(C)[C@H]3C(=CC[C@]21C)[C@@]1(C)CC[C@H](O[C@@H]2O[C@H](CO)[C@@H](O)[C@H](O)[C@H]2O)C(C)(C)[C@H]1C[C@@H]3O. The van der Waals surface area contributed by atoms with Crippen molar-refractivity contribution in [3.63, 3.8) is 0 Å². The van der Waals surface area contributed by atoms with Gasteiger partial charge in [-0.2, -0.15) is 0 Å². The Balaban J connectivity index is 1.31. The molecule has 0 aromatic carbocycles. The van der Waals surface area contributed by atoms with Crippen molar-refractivity contribution in [3.05, 3.63) is 11.6 Å². The Hall–Kier alpha value is -0.620. The highest BCUT2D eigenvalue weighted by atomic mass is 16.7. The molecule has 0 aromatic rings. The number of ether oxygens (including phenoxy) is 2. The van der Waals surface area contributed by atoms with Gasteiger partial charge in [0.25, 0.3) is 0 Å². The van der Waals surface area contributed by atoms with Gasteiger partial charge in [-0.25, -0.2) is 0 Å². The number of fused-ring (bicyclic) bond motifs is 7. The van der Waals surface area contributed by atoms with E-state index in [1.165, 1.54) is 5.57 Å². The van der Waals surface area contributed by atoms with E-state index in [-0.39, 0.29) is 58.0 Å². The summed E-state index contributed by atoms with van der Waals surface area (Å²) < 4.78 is 12.1. The van der Waals surface area contributed by atoms with E-state index in [1.807, 2.05) is 0 Å².